The molecule has 1 aromatic rings. The molecule has 0 saturated carbocycles. The van der Waals surface area contributed by atoms with Crippen molar-refractivity contribution in [2.24, 2.45) is 5.16 Å². The molecule has 0 heterocycles. The first kappa shape index (κ1) is 15.5. The number of hydrogen-bond acceptors (Lipinski definition) is 5. The summed E-state index contributed by atoms with van der Waals surface area (Å²) < 4.78 is 31.0. The van der Waals surface area contributed by atoms with E-state index in [2.05, 4.69) is 9.88 Å². The van der Waals surface area contributed by atoms with E-state index in [1.165, 1.54) is 7.11 Å². The Morgan fingerprint density at radius 2 is 2.11 bits per heavy atom. The minimum absolute atomic E-state index is 0.0233. The smallest absolute Gasteiger partial charge is 0.232 e. The van der Waals surface area contributed by atoms with Crippen LogP contribution < -0.4 is 4.72 Å². The Balaban J connectivity index is 2.87. The van der Waals surface area contributed by atoms with E-state index >= 15 is 0 Å². The summed E-state index contributed by atoms with van der Waals surface area (Å²) in [5.74, 6) is -0.0233. The van der Waals surface area contributed by atoms with Crippen LogP contribution in [0.15, 0.2) is 29.4 Å². The van der Waals surface area contributed by atoms with Gasteiger partial charge in [0, 0.05) is 19.3 Å². The molecule has 106 valence electrons. The van der Waals surface area contributed by atoms with Gasteiger partial charge in [0.15, 0.2) is 0 Å². The second-order valence-electron chi connectivity index (χ2n) is 4.00. The van der Waals surface area contributed by atoms with Gasteiger partial charge in [-0.2, -0.15) is 0 Å². The summed E-state index contributed by atoms with van der Waals surface area (Å²) in [6.45, 7) is 1.98. The highest BCUT2D eigenvalue weighted by Crippen LogP contribution is 2.17. The van der Waals surface area contributed by atoms with Gasteiger partial charge in [0.05, 0.1) is 17.2 Å². The maximum Gasteiger partial charge on any atom is 0.232 e. The topological polar surface area (TPSA) is 88.0 Å². The molecule has 2 N–H and O–H groups in total. The van der Waals surface area contributed by atoms with Gasteiger partial charge in [-0.05, 0) is 19.4 Å². The van der Waals surface area contributed by atoms with Crippen molar-refractivity contribution in [2.75, 3.05) is 24.2 Å². The van der Waals surface area contributed by atoms with Crippen molar-refractivity contribution in [3.05, 3.63) is 29.8 Å². The maximum absolute atomic E-state index is 11.9. The van der Waals surface area contributed by atoms with Crippen LogP contribution in [0.3, 0.4) is 0 Å². The van der Waals surface area contributed by atoms with E-state index in [1.807, 2.05) is 0 Å². The van der Waals surface area contributed by atoms with Gasteiger partial charge < -0.3 is 9.94 Å². The van der Waals surface area contributed by atoms with Crippen LogP contribution in [0.5, 0.6) is 0 Å². The van der Waals surface area contributed by atoms with Crippen LogP contribution in [0.4, 0.5) is 5.69 Å². The molecular weight excluding hydrogens is 268 g/mol. The molecule has 1 rings (SSSR count). The first-order chi connectivity index (χ1) is 9.00. The van der Waals surface area contributed by atoms with Crippen LogP contribution >= 0.6 is 0 Å². The number of methoxy groups -OCH3 is 1. The molecule has 0 aromatic heterocycles. The molecule has 0 unspecified atom stereocenters. The molecule has 0 radical (unpaired) electrons. The summed E-state index contributed by atoms with van der Waals surface area (Å²) in [4.78, 5) is 0. The van der Waals surface area contributed by atoms with Crippen molar-refractivity contribution < 1.29 is 18.4 Å². The predicted octanol–water partition coefficient (Wildman–Crippen LogP) is 1.66. The second-order valence-corrected chi connectivity index (χ2v) is 5.84. The Kier molecular flexibility index (Phi) is 5.78. The molecule has 0 aliphatic heterocycles. The summed E-state index contributed by atoms with van der Waals surface area (Å²) in [7, 11) is -1.91. The molecule has 0 aliphatic carbocycles. The Labute approximate surface area is 113 Å². The van der Waals surface area contributed by atoms with Crippen LogP contribution in [-0.4, -0.2) is 38.8 Å². The Bertz CT molecular complexity index is 540. The van der Waals surface area contributed by atoms with Gasteiger partial charge in [-0.25, -0.2) is 8.42 Å². The monoisotopic (exact) mass is 286 g/mol. The van der Waals surface area contributed by atoms with Crippen LogP contribution in [0.1, 0.15) is 18.9 Å². The average Bonchev–Trinajstić information content (AvgIpc) is 2.38. The molecule has 7 heteroatoms. The lowest BCUT2D eigenvalue weighted by atomic mass is 10.1. The fraction of sp³-hybridized carbons (Fsp3) is 0.417. The lowest BCUT2D eigenvalue weighted by Crippen LogP contribution is -2.19. The number of anilines is 1. The van der Waals surface area contributed by atoms with Crippen molar-refractivity contribution in [2.45, 2.75) is 13.3 Å². The minimum Gasteiger partial charge on any atom is -0.411 e. The third kappa shape index (κ3) is 4.88. The molecule has 0 atom stereocenters. The minimum atomic E-state index is -3.44. The number of sulfonamides is 1. The molecule has 0 amide bonds. The zero-order valence-corrected chi connectivity index (χ0v) is 11.8. The highest BCUT2D eigenvalue weighted by atomic mass is 32.2. The fourth-order valence-corrected chi connectivity index (χ4v) is 2.67. The van der Waals surface area contributed by atoms with Gasteiger partial charge in [0.2, 0.25) is 10.0 Å². The average molecular weight is 286 g/mol. The lowest BCUT2D eigenvalue weighted by Gasteiger charge is -2.11. The summed E-state index contributed by atoms with van der Waals surface area (Å²) >= 11 is 0. The number of nitrogens with one attached hydrogen (secondary N) is 1. The third-order valence-electron chi connectivity index (χ3n) is 2.49. The summed E-state index contributed by atoms with van der Waals surface area (Å²) in [5.41, 5.74) is 1.28. The quantitative estimate of drug-likeness (QED) is 0.345. The largest absolute Gasteiger partial charge is 0.411 e. The van der Waals surface area contributed by atoms with Gasteiger partial charge >= 0.3 is 0 Å². The molecule has 0 fully saturated rings. The van der Waals surface area contributed by atoms with Crippen molar-refractivity contribution in [1.29, 1.82) is 0 Å². The van der Waals surface area contributed by atoms with Crippen LogP contribution in [0.2, 0.25) is 0 Å². The van der Waals surface area contributed by atoms with Gasteiger partial charge in [0.1, 0.15) is 0 Å². The SMILES string of the molecule is COCCCS(=O)(=O)Nc1ccccc1C(C)=NO. The van der Waals surface area contributed by atoms with Crippen LogP contribution in [0, 0.1) is 0 Å². The lowest BCUT2D eigenvalue weighted by molar-refractivity contribution is 0.199. The zero-order chi connectivity index (χ0) is 14.3. The van der Waals surface area contributed by atoms with Gasteiger partial charge in [0.25, 0.3) is 0 Å². The van der Waals surface area contributed by atoms with E-state index in [1.54, 1.807) is 31.2 Å². The highest BCUT2D eigenvalue weighted by molar-refractivity contribution is 7.92. The van der Waals surface area contributed by atoms with E-state index in [4.69, 9.17) is 9.94 Å². The van der Waals surface area contributed by atoms with E-state index in [0.717, 1.165) is 0 Å². The number of benzene rings is 1. The number of ether oxygens (including phenoxy) is 1. The molecule has 0 spiro atoms. The van der Waals surface area contributed by atoms with Crippen molar-refractivity contribution in [3.8, 4) is 0 Å². The fourth-order valence-electron chi connectivity index (χ4n) is 1.55. The molecule has 1 aromatic carbocycles. The Hall–Kier alpha value is -1.60. The summed E-state index contributed by atoms with van der Waals surface area (Å²) in [6.07, 6.45) is 0.418. The number of para-hydroxylation sites is 1. The molecule has 0 aliphatic rings. The normalized spacial score (nSPS) is 12.4. The zero-order valence-electron chi connectivity index (χ0n) is 11.0. The van der Waals surface area contributed by atoms with Crippen LogP contribution in [-0.2, 0) is 14.8 Å². The van der Waals surface area contributed by atoms with Gasteiger partial charge in [-0.1, -0.05) is 23.4 Å². The number of nitrogens with zero attached hydrogens (tertiary/aromatic N) is 1. The molecule has 19 heavy (non-hydrogen) atoms. The Morgan fingerprint density at radius 1 is 1.42 bits per heavy atom. The Morgan fingerprint density at radius 3 is 2.74 bits per heavy atom. The van der Waals surface area contributed by atoms with Crippen molar-refractivity contribution in [3.63, 3.8) is 0 Å². The van der Waals surface area contributed by atoms with E-state index in [-0.39, 0.29) is 5.75 Å². The van der Waals surface area contributed by atoms with Crippen molar-refractivity contribution >= 4 is 21.4 Å². The number of oxime groups is 1. The van der Waals surface area contributed by atoms with Gasteiger partial charge in [-0.15, -0.1) is 0 Å². The molecular formula is C12H18N2O4S. The highest BCUT2D eigenvalue weighted by Gasteiger charge is 2.13. The molecule has 0 bridgehead atoms. The van der Waals surface area contributed by atoms with E-state index < -0.39 is 10.0 Å². The first-order valence-corrected chi connectivity index (χ1v) is 7.43. The molecule has 6 nitrogen and oxygen atoms in total. The predicted molar refractivity (Wildman–Crippen MR) is 74.3 cm³/mol. The van der Waals surface area contributed by atoms with Crippen LogP contribution in [0.25, 0.3) is 0 Å². The van der Waals surface area contributed by atoms with Crippen molar-refractivity contribution in [1.82, 2.24) is 0 Å². The molecule has 0 saturated heterocycles. The summed E-state index contributed by atoms with van der Waals surface area (Å²) in [5, 5.41) is 11.9. The number of hydrogen-bond donors (Lipinski definition) is 2. The maximum atomic E-state index is 11.9. The summed E-state index contributed by atoms with van der Waals surface area (Å²) in [6, 6.07) is 6.76. The van der Waals surface area contributed by atoms with E-state index in [0.29, 0.717) is 30.0 Å². The number of rotatable bonds is 7. The second kappa shape index (κ2) is 7.10. The van der Waals surface area contributed by atoms with Gasteiger partial charge in [-0.3, -0.25) is 4.72 Å². The first-order valence-electron chi connectivity index (χ1n) is 5.77. The third-order valence-corrected chi connectivity index (χ3v) is 3.85. The van der Waals surface area contributed by atoms with E-state index in [9.17, 15) is 8.42 Å². The standard InChI is InChI=1S/C12H18N2O4S/c1-10(13-15)11-6-3-4-7-12(11)14-19(16,17)9-5-8-18-2/h3-4,6-7,14-15H,5,8-9H2,1-2H3.